The van der Waals surface area contributed by atoms with Crippen molar-refractivity contribution < 1.29 is 4.79 Å². The van der Waals surface area contributed by atoms with E-state index in [1.54, 1.807) is 0 Å². The Balaban J connectivity index is 2.04. The van der Waals surface area contributed by atoms with Crippen LogP contribution in [0.2, 0.25) is 0 Å². The lowest BCUT2D eigenvalue weighted by molar-refractivity contribution is -0.122. The Hall–Kier alpha value is -0.840. The first-order chi connectivity index (χ1) is 8.31. The third-order valence-electron chi connectivity index (χ3n) is 3.04. The zero-order chi connectivity index (χ0) is 12.1. The predicted octanol–water partition coefficient (Wildman–Crippen LogP) is 1.13. The number of ketones is 1. The molecule has 1 atom stereocenters. The molecule has 17 heavy (non-hydrogen) atoms. The van der Waals surface area contributed by atoms with E-state index in [9.17, 15) is 4.79 Å². The first-order valence-corrected chi connectivity index (χ1v) is 7.05. The number of hydrogen-bond acceptors (Lipinski definition) is 4. The van der Waals surface area contributed by atoms with Crippen LogP contribution < -0.4 is 5.73 Å². The van der Waals surface area contributed by atoms with E-state index in [0.29, 0.717) is 0 Å². The van der Waals surface area contributed by atoms with Gasteiger partial charge in [0.2, 0.25) is 0 Å². The van der Waals surface area contributed by atoms with Gasteiger partial charge in [-0.05, 0) is 5.56 Å². The zero-order valence-corrected chi connectivity index (χ0v) is 10.7. The summed E-state index contributed by atoms with van der Waals surface area (Å²) in [5.41, 5.74) is 6.73. The number of thioether (sulfide) groups is 1. The second-order valence-corrected chi connectivity index (χ2v) is 5.37. The van der Waals surface area contributed by atoms with Crippen LogP contribution in [0.15, 0.2) is 30.3 Å². The highest BCUT2D eigenvalue weighted by Gasteiger charge is 2.27. The molecular formula is C13H18N2OS. The van der Waals surface area contributed by atoms with Crippen LogP contribution in [-0.2, 0) is 11.3 Å². The molecule has 1 aromatic carbocycles. The lowest BCUT2D eigenvalue weighted by Crippen LogP contribution is -2.48. The monoisotopic (exact) mass is 250 g/mol. The topological polar surface area (TPSA) is 46.3 Å². The largest absolute Gasteiger partial charge is 0.324 e. The lowest BCUT2D eigenvalue weighted by Gasteiger charge is -2.34. The number of carbonyl (C=O) groups is 1. The second-order valence-electron chi connectivity index (χ2n) is 4.22. The minimum absolute atomic E-state index is 0.000967. The van der Waals surface area contributed by atoms with E-state index >= 15 is 0 Å². The average molecular weight is 250 g/mol. The highest BCUT2D eigenvalue weighted by atomic mass is 32.2. The van der Waals surface area contributed by atoms with Crippen LogP contribution in [0.1, 0.15) is 5.56 Å². The average Bonchev–Trinajstić information content (AvgIpc) is 2.40. The van der Waals surface area contributed by atoms with Gasteiger partial charge in [0.15, 0.2) is 5.78 Å². The van der Waals surface area contributed by atoms with Gasteiger partial charge < -0.3 is 5.73 Å². The van der Waals surface area contributed by atoms with Crippen molar-refractivity contribution in [2.75, 3.05) is 24.6 Å². The molecular weight excluding hydrogens is 232 g/mol. The summed E-state index contributed by atoms with van der Waals surface area (Å²) in [6.45, 7) is 1.96. The molecule has 0 spiro atoms. The van der Waals surface area contributed by atoms with E-state index in [1.165, 1.54) is 5.56 Å². The van der Waals surface area contributed by atoms with Crippen molar-refractivity contribution >= 4 is 17.5 Å². The Morgan fingerprint density at radius 1 is 1.41 bits per heavy atom. The molecule has 1 aliphatic heterocycles. The summed E-state index contributed by atoms with van der Waals surface area (Å²) >= 11 is 1.84. The van der Waals surface area contributed by atoms with Crippen LogP contribution >= 0.6 is 11.8 Å². The molecule has 4 heteroatoms. The number of Topliss-reactive ketones (excluding diaryl/α,β-unsaturated/α-hetero) is 1. The van der Waals surface area contributed by atoms with E-state index in [-0.39, 0.29) is 18.4 Å². The van der Waals surface area contributed by atoms with Gasteiger partial charge in [0.25, 0.3) is 0 Å². The highest BCUT2D eigenvalue weighted by molar-refractivity contribution is 7.99. The molecule has 1 saturated heterocycles. The maximum absolute atomic E-state index is 11.8. The van der Waals surface area contributed by atoms with Gasteiger partial charge in [-0.2, -0.15) is 11.8 Å². The van der Waals surface area contributed by atoms with Crippen LogP contribution in [0.5, 0.6) is 0 Å². The maximum Gasteiger partial charge on any atom is 0.164 e. The minimum atomic E-state index is -0.000967. The lowest BCUT2D eigenvalue weighted by atomic mass is 10.1. The number of nitrogens with zero attached hydrogens (tertiary/aromatic N) is 1. The van der Waals surface area contributed by atoms with Crippen molar-refractivity contribution in [3.63, 3.8) is 0 Å². The Labute approximate surface area is 106 Å². The third-order valence-corrected chi connectivity index (χ3v) is 4.06. The Bertz CT molecular complexity index is 369. The Morgan fingerprint density at radius 2 is 2.18 bits per heavy atom. The van der Waals surface area contributed by atoms with Crippen molar-refractivity contribution in [1.29, 1.82) is 0 Å². The fourth-order valence-corrected chi connectivity index (χ4v) is 3.23. The molecule has 0 radical (unpaired) electrons. The van der Waals surface area contributed by atoms with Gasteiger partial charge in [-0.15, -0.1) is 0 Å². The summed E-state index contributed by atoms with van der Waals surface area (Å²) in [7, 11) is 0. The maximum atomic E-state index is 11.8. The van der Waals surface area contributed by atoms with E-state index in [1.807, 2.05) is 30.0 Å². The van der Waals surface area contributed by atoms with Crippen molar-refractivity contribution in [2.45, 2.75) is 12.6 Å². The smallest absolute Gasteiger partial charge is 0.164 e. The molecule has 0 bridgehead atoms. The van der Waals surface area contributed by atoms with Crippen molar-refractivity contribution in [3.05, 3.63) is 35.9 Å². The molecule has 1 heterocycles. The van der Waals surface area contributed by atoms with Crippen molar-refractivity contribution in [1.82, 2.24) is 4.90 Å². The van der Waals surface area contributed by atoms with Crippen LogP contribution in [0.25, 0.3) is 0 Å². The molecule has 1 aliphatic rings. The summed E-state index contributed by atoms with van der Waals surface area (Å²) in [5.74, 6) is 2.14. The number of benzene rings is 1. The van der Waals surface area contributed by atoms with E-state index in [4.69, 9.17) is 5.73 Å². The van der Waals surface area contributed by atoms with Gasteiger partial charge in [0, 0.05) is 24.6 Å². The normalized spacial score (nSPS) is 21.4. The van der Waals surface area contributed by atoms with Gasteiger partial charge in [0.05, 0.1) is 12.6 Å². The van der Waals surface area contributed by atoms with Crippen molar-refractivity contribution in [3.8, 4) is 0 Å². The highest BCUT2D eigenvalue weighted by Crippen LogP contribution is 2.19. The molecule has 3 nitrogen and oxygen atoms in total. The van der Waals surface area contributed by atoms with Crippen LogP contribution in [0.3, 0.4) is 0 Å². The molecule has 1 aromatic rings. The van der Waals surface area contributed by atoms with E-state index in [0.717, 1.165) is 24.6 Å². The molecule has 2 N–H and O–H groups in total. The first-order valence-electron chi connectivity index (χ1n) is 5.90. The number of hydrogen-bond donors (Lipinski definition) is 1. The van der Waals surface area contributed by atoms with Gasteiger partial charge >= 0.3 is 0 Å². The minimum Gasteiger partial charge on any atom is -0.324 e. The molecule has 1 unspecified atom stereocenters. The first kappa shape index (κ1) is 12.6. The molecule has 92 valence electrons. The fourth-order valence-electron chi connectivity index (χ4n) is 2.08. The summed E-state index contributed by atoms with van der Waals surface area (Å²) in [4.78, 5) is 14.0. The van der Waals surface area contributed by atoms with Gasteiger partial charge in [-0.25, -0.2) is 0 Å². The standard InChI is InChI=1S/C13H18N2OS/c14-8-13(16)12-10-17-7-6-15(12)9-11-4-2-1-3-5-11/h1-5,12H,6-10,14H2. The quantitative estimate of drug-likeness (QED) is 0.870. The van der Waals surface area contributed by atoms with Crippen molar-refractivity contribution in [2.24, 2.45) is 5.73 Å². The zero-order valence-electron chi connectivity index (χ0n) is 9.84. The molecule has 0 aliphatic carbocycles. The van der Waals surface area contributed by atoms with Crippen LogP contribution in [0, 0.1) is 0 Å². The Morgan fingerprint density at radius 3 is 2.88 bits per heavy atom. The van der Waals surface area contributed by atoms with Gasteiger partial charge in [-0.3, -0.25) is 9.69 Å². The summed E-state index contributed by atoms with van der Waals surface area (Å²) < 4.78 is 0. The van der Waals surface area contributed by atoms with Crippen LogP contribution in [0.4, 0.5) is 0 Å². The molecule has 2 rings (SSSR count). The number of nitrogens with two attached hydrogens (primary N) is 1. The van der Waals surface area contributed by atoms with Crippen LogP contribution in [-0.4, -0.2) is 41.3 Å². The number of rotatable bonds is 4. The van der Waals surface area contributed by atoms with Gasteiger partial charge in [-0.1, -0.05) is 30.3 Å². The molecule has 1 fully saturated rings. The summed E-state index contributed by atoms with van der Waals surface area (Å²) in [6.07, 6.45) is 0. The number of carbonyl (C=O) groups excluding carboxylic acids is 1. The summed E-state index contributed by atoms with van der Waals surface area (Å²) in [5, 5.41) is 0. The fraction of sp³-hybridized carbons (Fsp3) is 0.462. The molecule has 0 amide bonds. The predicted molar refractivity (Wildman–Crippen MR) is 72.0 cm³/mol. The second kappa shape index (κ2) is 6.19. The van der Waals surface area contributed by atoms with Gasteiger partial charge in [0.1, 0.15) is 0 Å². The van der Waals surface area contributed by atoms with E-state index in [2.05, 4.69) is 17.0 Å². The molecule has 0 saturated carbocycles. The third kappa shape index (κ3) is 3.31. The SMILES string of the molecule is NCC(=O)C1CSCCN1Cc1ccccc1. The summed E-state index contributed by atoms with van der Waals surface area (Å²) in [6, 6.07) is 10.3. The molecule has 0 aromatic heterocycles. The van der Waals surface area contributed by atoms with E-state index < -0.39 is 0 Å². The Kier molecular flexibility index (Phi) is 4.59.